The Kier molecular flexibility index (Phi) is 6.06. The molecule has 1 aromatic rings. The molecule has 2 atom stereocenters. The summed E-state index contributed by atoms with van der Waals surface area (Å²) in [6.45, 7) is 6.72. The van der Waals surface area contributed by atoms with Gasteiger partial charge < -0.3 is 5.73 Å². The summed E-state index contributed by atoms with van der Waals surface area (Å²) in [5, 5.41) is 0. The molecule has 2 N–H and O–H groups in total. The molecule has 0 radical (unpaired) electrons. The molecule has 1 aliphatic heterocycles. The van der Waals surface area contributed by atoms with Gasteiger partial charge in [0.2, 0.25) is 0 Å². The summed E-state index contributed by atoms with van der Waals surface area (Å²) in [5.41, 5.74) is 9.11. The lowest BCUT2D eigenvalue weighted by atomic mass is 9.96. The van der Waals surface area contributed by atoms with E-state index < -0.39 is 0 Å². The fourth-order valence-electron chi connectivity index (χ4n) is 3.32. The second kappa shape index (κ2) is 7.80. The quantitative estimate of drug-likeness (QED) is 0.852. The highest BCUT2D eigenvalue weighted by molar-refractivity contribution is 5.25. The van der Waals surface area contributed by atoms with Crippen LogP contribution in [0.5, 0.6) is 0 Å². The summed E-state index contributed by atoms with van der Waals surface area (Å²) in [5.74, 6) is 0. The molecule has 0 aliphatic carbocycles. The number of likely N-dealkylation sites (tertiary alicyclic amines) is 1. The van der Waals surface area contributed by atoms with Crippen molar-refractivity contribution < 1.29 is 0 Å². The molecule has 0 spiro atoms. The van der Waals surface area contributed by atoms with Gasteiger partial charge in [-0.05, 0) is 43.4 Å². The molecule has 2 nitrogen and oxygen atoms in total. The minimum atomic E-state index is 0.151. The van der Waals surface area contributed by atoms with Crippen molar-refractivity contribution in [2.45, 2.75) is 64.5 Å². The van der Waals surface area contributed by atoms with Crippen LogP contribution in [0.3, 0.4) is 0 Å². The molecule has 0 bridgehead atoms. The topological polar surface area (TPSA) is 29.3 Å². The van der Waals surface area contributed by atoms with Gasteiger partial charge in [-0.15, -0.1) is 0 Å². The molecule has 112 valence electrons. The fourth-order valence-corrected chi connectivity index (χ4v) is 3.32. The van der Waals surface area contributed by atoms with Crippen LogP contribution in [-0.4, -0.2) is 24.0 Å². The van der Waals surface area contributed by atoms with Gasteiger partial charge in [0.05, 0.1) is 0 Å². The van der Waals surface area contributed by atoms with Crippen LogP contribution in [0, 0.1) is 0 Å². The molecule has 0 aromatic heterocycles. The third-order valence-electron chi connectivity index (χ3n) is 4.62. The number of benzene rings is 1. The Balaban J connectivity index is 1.95. The molecule has 2 heteroatoms. The van der Waals surface area contributed by atoms with Crippen molar-refractivity contribution in [1.82, 2.24) is 4.90 Å². The van der Waals surface area contributed by atoms with Crippen molar-refractivity contribution in [3.05, 3.63) is 35.4 Å². The van der Waals surface area contributed by atoms with E-state index >= 15 is 0 Å². The number of rotatable bonds is 6. The Hall–Kier alpha value is -0.860. The minimum Gasteiger partial charge on any atom is -0.323 e. The number of piperidine rings is 1. The second-order valence-electron chi connectivity index (χ2n) is 6.13. The standard InChI is InChI=1S/C18H30N2/c1-3-7-17-8-5-6-13-20(17)14-18(19)16-11-9-15(4-2)10-12-16/h9-12,17-18H,3-8,13-14,19H2,1-2H3. The van der Waals surface area contributed by atoms with Gasteiger partial charge in [-0.1, -0.05) is 51.0 Å². The van der Waals surface area contributed by atoms with Gasteiger partial charge in [-0.3, -0.25) is 4.90 Å². The molecule has 1 aliphatic rings. The molecule has 0 saturated carbocycles. The van der Waals surface area contributed by atoms with E-state index in [4.69, 9.17) is 5.73 Å². The molecular formula is C18H30N2. The fraction of sp³-hybridized carbons (Fsp3) is 0.667. The Morgan fingerprint density at radius 3 is 2.60 bits per heavy atom. The molecule has 2 rings (SSSR count). The maximum atomic E-state index is 6.43. The van der Waals surface area contributed by atoms with E-state index in [-0.39, 0.29) is 6.04 Å². The third-order valence-corrected chi connectivity index (χ3v) is 4.62. The number of nitrogens with zero attached hydrogens (tertiary/aromatic N) is 1. The van der Waals surface area contributed by atoms with Crippen LogP contribution in [0.15, 0.2) is 24.3 Å². The Morgan fingerprint density at radius 2 is 1.95 bits per heavy atom. The monoisotopic (exact) mass is 274 g/mol. The van der Waals surface area contributed by atoms with Crippen molar-refractivity contribution in [2.24, 2.45) is 5.73 Å². The van der Waals surface area contributed by atoms with Crippen LogP contribution in [0.25, 0.3) is 0 Å². The maximum absolute atomic E-state index is 6.43. The first-order valence-corrected chi connectivity index (χ1v) is 8.33. The van der Waals surface area contributed by atoms with Gasteiger partial charge in [0, 0.05) is 18.6 Å². The molecule has 1 fully saturated rings. The predicted molar refractivity (Wildman–Crippen MR) is 86.9 cm³/mol. The van der Waals surface area contributed by atoms with Gasteiger partial charge in [0.1, 0.15) is 0 Å². The SMILES string of the molecule is CCCC1CCCCN1CC(N)c1ccc(CC)cc1. The van der Waals surface area contributed by atoms with Crippen molar-refractivity contribution in [3.8, 4) is 0 Å². The van der Waals surface area contributed by atoms with E-state index in [0.29, 0.717) is 0 Å². The van der Waals surface area contributed by atoms with Crippen LogP contribution >= 0.6 is 0 Å². The van der Waals surface area contributed by atoms with Crippen molar-refractivity contribution >= 4 is 0 Å². The second-order valence-corrected chi connectivity index (χ2v) is 6.13. The molecule has 1 saturated heterocycles. The Bertz CT molecular complexity index is 383. The zero-order valence-corrected chi connectivity index (χ0v) is 13.1. The van der Waals surface area contributed by atoms with E-state index in [9.17, 15) is 0 Å². The van der Waals surface area contributed by atoms with Crippen LogP contribution < -0.4 is 5.73 Å². The number of hydrogen-bond acceptors (Lipinski definition) is 2. The molecule has 1 heterocycles. The lowest BCUT2D eigenvalue weighted by Crippen LogP contribution is -2.43. The van der Waals surface area contributed by atoms with Gasteiger partial charge in [0.15, 0.2) is 0 Å². The van der Waals surface area contributed by atoms with Crippen molar-refractivity contribution in [3.63, 3.8) is 0 Å². The van der Waals surface area contributed by atoms with Gasteiger partial charge in [-0.2, -0.15) is 0 Å². The maximum Gasteiger partial charge on any atom is 0.0424 e. The highest BCUT2D eigenvalue weighted by Gasteiger charge is 2.23. The number of hydrogen-bond donors (Lipinski definition) is 1. The number of aryl methyl sites for hydroxylation is 1. The molecule has 1 aromatic carbocycles. The summed E-state index contributed by atoms with van der Waals surface area (Å²) in [7, 11) is 0. The van der Waals surface area contributed by atoms with Gasteiger partial charge in [-0.25, -0.2) is 0 Å². The lowest BCUT2D eigenvalue weighted by Gasteiger charge is -2.37. The smallest absolute Gasteiger partial charge is 0.0424 e. The first kappa shape index (κ1) is 15.5. The van der Waals surface area contributed by atoms with Crippen LogP contribution in [0.2, 0.25) is 0 Å². The van der Waals surface area contributed by atoms with Crippen LogP contribution in [0.1, 0.15) is 63.1 Å². The van der Waals surface area contributed by atoms with E-state index in [2.05, 4.69) is 43.0 Å². The van der Waals surface area contributed by atoms with Gasteiger partial charge >= 0.3 is 0 Å². The highest BCUT2D eigenvalue weighted by atomic mass is 15.2. The minimum absolute atomic E-state index is 0.151. The van der Waals surface area contributed by atoms with E-state index in [1.165, 1.54) is 49.8 Å². The summed E-state index contributed by atoms with van der Waals surface area (Å²) < 4.78 is 0. The lowest BCUT2D eigenvalue weighted by molar-refractivity contribution is 0.131. The molecular weight excluding hydrogens is 244 g/mol. The van der Waals surface area contributed by atoms with Gasteiger partial charge in [0.25, 0.3) is 0 Å². The Morgan fingerprint density at radius 1 is 1.20 bits per heavy atom. The van der Waals surface area contributed by atoms with E-state index in [0.717, 1.165) is 19.0 Å². The summed E-state index contributed by atoms with van der Waals surface area (Å²) in [6, 6.07) is 9.77. The summed E-state index contributed by atoms with van der Waals surface area (Å²) >= 11 is 0. The summed E-state index contributed by atoms with van der Waals surface area (Å²) in [4.78, 5) is 2.63. The molecule has 20 heavy (non-hydrogen) atoms. The largest absolute Gasteiger partial charge is 0.323 e. The van der Waals surface area contributed by atoms with Crippen LogP contribution in [0.4, 0.5) is 0 Å². The predicted octanol–water partition coefficient (Wildman–Crippen LogP) is 3.90. The van der Waals surface area contributed by atoms with Crippen molar-refractivity contribution in [2.75, 3.05) is 13.1 Å². The van der Waals surface area contributed by atoms with E-state index in [1.54, 1.807) is 0 Å². The zero-order valence-electron chi connectivity index (χ0n) is 13.1. The number of nitrogens with two attached hydrogens (primary N) is 1. The van der Waals surface area contributed by atoms with Crippen molar-refractivity contribution in [1.29, 1.82) is 0 Å². The highest BCUT2D eigenvalue weighted by Crippen LogP contribution is 2.23. The van der Waals surface area contributed by atoms with Crippen LogP contribution in [-0.2, 0) is 6.42 Å². The molecule has 2 unspecified atom stereocenters. The first-order valence-electron chi connectivity index (χ1n) is 8.33. The average molecular weight is 274 g/mol. The zero-order chi connectivity index (χ0) is 14.4. The average Bonchev–Trinajstić information content (AvgIpc) is 2.49. The Labute approximate surface area is 124 Å². The third kappa shape index (κ3) is 4.07. The van der Waals surface area contributed by atoms with E-state index in [1.807, 2.05) is 0 Å². The first-order chi connectivity index (χ1) is 9.74. The normalized spacial score (nSPS) is 21.9. The molecule has 0 amide bonds. The summed E-state index contributed by atoms with van der Waals surface area (Å²) in [6.07, 6.45) is 7.78.